The first-order chi connectivity index (χ1) is 8.45. The van der Waals surface area contributed by atoms with Gasteiger partial charge in [0.1, 0.15) is 5.76 Å². The van der Waals surface area contributed by atoms with Crippen LogP contribution in [-0.2, 0) is 0 Å². The average molecular weight is 266 g/mol. The maximum absolute atomic E-state index is 6.08. The van der Waals surface area contributed by atoms with Crippen molar-refractivity contribution < 1.29 is 4.42 Å². The molecule has 7 heteroatoms. The summed E-state index contributed by atoms with van der Waals surface area (Å²) < 4.78 is 5.44. The second kappa shape index (κ2) is 4.58. The van der Waals surface area contributed by atoms with E-state index in [1.165, 1.54) is 0 Å². The Labute approximate surface area is 108 Å². The van der Waals surface area contributed by atoms with Crippen LogP contribution in [0.2, 0.25) is 5.02 Å². The van der Waals surface area contributed by atoms with Crippen LogP contribution in [0.3, 0.4) is 0 Å². The van der Waals surface area contributed by atoms with Crippen molar-refractivity contribution in [1.82, 2.24) is 0 Å². The fourth-order valence-corrected chi connectivity index (χ4v) is 1.84. The summed E-state index contributed by atoms with van der Waals surface area (Å²) in [5.41, 5.74) is 17.1. The number of fused-ring (bicyclic) bond motifs is 1. The highest BCUT2D eigenvalue weighted by atomic mass is 35.5. The van der Waals surface area contributed by atoms with Crippen molar-refractivity contribution in [3.05, 3.63) is 29.0 Å². The third-order valence-corrected chi connectivity index (χ3v) is 2.45. The number of furan rings is 1. The molecule has 0 amide bonds. The number of guanidine groups is 2. The van der Waals surface area contributed by atoms with Gasteiger partial charge in [0.05, 0.1) is 10.7 Å². The minimum Gasteiger partial charge on any atom is -0.460 e. The van der Waals surface area contributed by atoms with Gasteiger partial charge in [-0.05, 0) is 25.1 Å². The molecule has 0 unspecified atom stereocenters. The van der Waals surface area contributed by atoms with Crippen LogP contribution in [0.1, 0.15) is 5.76 Å². The number of nitrogens with two attached hydrogens (primary N) is 3. The third kappa shape index (κ3) is 2.54. The zero-order chi connectivity index (χ0) is 13.3. The van der Waals surface area contributed by atoms with Gasteiger partial charge in [-0.15, -0.1) is 0 Å². The highest BCUT2D eigenvalue weighted by molar-refractivity contribution is 6.35. The maximum atomic E-state index is 6.08. The summed E-state index contributed by atoms with van der Waals surface area (Å²) in [7, 11) is 0. The van der Waals surface area contributed by atoms with Gasteiger partial charge in [-0.3, -0.25) is 0 Å². The van der Waals surface area contributed by atoms with Crippen LogP contribution in [0.25, 0.3) is 11.0 Å². The molecule has 18 heavy (non-hydrogen) atoms. The third-order valence-electron chi connectivity index (χ3n) is 2.17. The Balaban J connectivity index is 2.50. The van der Waals surface area contributed by atoms with E-state index in [2.05, 4.69) is 9.98 Å². The van der Waals surface area contributed by atoms with Crippen molar-refractivity contribution >= 4 is 40.2 Å². The van der Waals surface area contributed by atoms with Crippen LogP contribution in [-0.4, -0.2) is 11.9 Å². The van der Waals surface area contributed by atoms with E-state index in [4.69, 9.17) is 33.2 Å². The van der Waals surface area contributed by atoms with E-state index in [0.29, 0.717) is 16.3 Å². The molecule has 1 aromatic heterocycles. The Kier molecular flexibility index (Phi) is 3.12. The molecule has 0 aliphatic rings. The van der Waals surface area contributed by atoms with E-state index in [1.54, 1.807) is 12.1 Å². The molecule has 0 spiro atoms. The van der Waals surface area contributed by atoms with E-state index in [9.17, 15) is 0 Å². The highest BCUT2D eigenvalue weighted by Gasteiger charge is 2.07. The van der Waals surface area contributed by atoms with Crippen LogP contribution < -0.4 is 17.2 Å². The molecular weight excluding hydrogens is 254 g/mol. The zero-order valence-electron chi connectivity index (χ0n) is 9.64. The first kappa shape index (κ1) is 12.3. The van der Waals surface area contributed by atoms with Gasteiger partial charge in [-0.2, -0.15) is 4.99 Å². The lowest BCUT2D eigenvalue weighted by Gasteiger charge is -1.98. The minimum absolute atomic E-state index is 0.0365. The van der Waals surface area contributed by atoms with E-state index >= 15 is 0 Å². The average Bonchev–Trinajstić information content (AvgIpc) is 2.57. The van der Waals surface area contributed by atoms with Crippen LogP contribution >= 0.6 is 11.6 Å². The molecule has 94 valence electrons. The molecular formula is C11H12ClN5O. The lowest BCUT2D eigenvalue weighted by molar-refractivity contribution is 0.578. The SMILES string of the molecule is Cc1cc2cc(N=C(N)N=C(N)N)cc(Cl)c2o1. The van der Waals surface area contributed by atoms with Gasteiger partial charge in [-0.1, -0.05) is 11.6 Å². The first-order valence-corrected chi connectivity index (χ1v) is 5.47. The summed E-state index contributed by atoms with van der Waals surface area (Å²) in [6.07, 6.45) is 0. The largest absolute Gasteiger partial charge is 0.460 e. The molecule has 0 fully saturated rings. The standard InChI is InChI=1S/C11H12ClN5O/c1-5-2-6-3-7(4-8(12)9(6)18-5)16-11(15)17-10(13)14/h2-4H,1H3,(H6,13,14,15,16,17). The lowest BCUT2D eigenvalue weighted by Crippen LogP contribution is -2.26. The molecule has 0 atom stereocenters. The topological polar surface area (TPSA) is 116 Å². The number of benzene rings is 1. The summed E-state index contributed by atoms with van der Waals surface area (Å²) in [6, 6.07) is 5.27. The number of aryl methyl sites for hydroxylation is 1. The van der Waals surface area contributed by atoms with Crippen LogP contribution in [0, 0.1) is 6.92 Å². The van der Waals surface area contributed by atoms with Crippen molar-refractivity contribution in [3.8, 4) is 0 Å². The Bertz CT molecular complexity index is 655. The Morgan fingerprint density at radius 3 is 2.61 bits per heavy atom. The monoisotopic (exact) mass is 265 g/mol. The molecule has 1 aromatic carbocycles. The summed E-state index contributed by atoms with van der Waals surface area (Å²) in [5, 5.41) is 1.30. The predicted octanol–water partition coefficient (Wildman–Crippen LogP) is 1.61. The van der Waals surface area contributed by atoms with Crippen molar-refractivity contribution in [2.75, 3.05) is 0 Å². The fraction of sp³-hybridized carbons (Fsp3) is 0.0909. The normalized spacial score (nSPS) is 11.8. The molecule has 1 heterocycles. The van der Waals surface area contributed by atoms with Gasteiger partial charge < -0.3 is 21.6 Å². The van der Waals surface area contributed by atoms with Gasteiger partial charge in [0.25, 0.3) is 0 Å². The second-order valence-corrected chi connectivity index (χ2v) is 4.12. The molecule has 0 aliphatic heterocycles. The molecule has 0 saturated heterocycles. The predicted molar refractivity (Wildman–Crippen MR) is 73.1 cm³/mol. The number of halogens is 1. The fourth-order valence-electron chi connectivity index (χ4n) is 1.58. The van der Waals surface area contributed by atoms with E-state index in [-0.39, 0.29) is 11.9 Å². The summed E-state index contributed by atoms with van der Waals surface area (Å²) in [5.74, 6) is 0.582. The quantitative estimate of drug-likeness (QED) is 0.536. The summed E-state index contributed by atoms with van der Waals surface area (Å²) in [4.78, 5) is 7.66. The molecule has 2 aromatic rings. The van der Waals surface area contributed by atoms with Crippen molar-refractivity contribution in [2.24, 2.45) is 27.2 Å². The molecule has 2 rings (SSSR count). The van der Waals surface area contributed by atoms with Crippen molar-refractivity contribution in [1.29, 1.82) is 0 Å². The van der Waals surface area contributed by atoms with Crippen LogP contribution in [0.5, 0.6) is 0 Å². The number of hydrogen-bond acceptors (Lipinski definition) is 2. The van der Waals surface area contributed by atoms with Crippen molar-refractivity contribution in [2.45, 2.75) is 6.92 Å². The van der Waals surface area contributed by atoms with Gasteiger partial charge in [-0.25, -0.2) is 4.99 Å². The van der Waals surface area contributed by atoms with Crippen LogP contribution in [0.4, 0.5) is 5.69 Å². The molecule has 0 radical (unpaired) electrons. The molecule has 0 aliphatic carbocycles. The molecule has 0 bridgehead atoms. The summed E-state index contributed by atoms with van der Waals surface area (Å²) in [6.45, 7) is 1.84. The van der Waals surface area contributed by atoms with Gasteiger partial charge in [0, 0.05) is 5.39 Å². The smallest absolute Gasteiger partial charge is 0.223 e. The van der Waals surface area contributed by atoms with E-state index in [1.807, 2.05) is 13.0 Å². The number of nitrogens with zero attached hydrogens (tertiary/aromatic N) is 2. The van der Waals surface area contributed by atoms with Gasteiger partial charge in [0.15, 0.2) is 11.5 Å². The number of rotatable bonds is 1. The van der Waals surface area contributed by atoms with Crippen molar-refractivity contribution in [3.63, 3.8) is 0 Å². The molecule has 0 saturated carbocycles. The Morgan fingerprint density at radius 1 is 1.22 bits per heavy atom. The van der Waals surface area contributed by atoms with E-state index < -0.39 is 0 Å². The minimum atomic E-state index is -0.150. The highest BCUT2D eigenvalue weighted by Crippen LogP contribution is 2.31. The number of hydrogen-bond donors (Lipinski definition) is 3. The lowest BCUT2D eigenvalue weighted by atomic mass is 10.2. The van der Waals surface area contributed by atoms with Crippen LogP contribution in [0.15, 0.2) is 32.6 Å². The number of aliphatic imine (C=N–C) groups is 2. The van der Waals surface area contributed by atoms with Gasteiger partial charge in [0.2, 0.25) is 5.96 Å². The van der Waals surface area contributed by atoms with E-state index in [0.717, 1.165) is 11.1 Å². The molecule has 6 nitrogen and oxygen atoms in total. The zero-order valence-corrected chi connectivity index (χ0v) is 10.4. The first-order valence-electron chi connectivity index (χ1n) is 5.09. The summed E-state index contributed by atoms with van der Waals surface area (Å²) >= 11 is 6.08. The second-order valence-electron chi connectivity index (χ2n) is 3.71. The Morgan fingerprint density at radius 2 is 1.94 bits per heavy atom. The van der Waals surface area contributed by atoms with Gasteiger partial charge >= 0.3 is 0 Å². The molecule has 6 N–H and O–H groups in total. The Hall–Kier alpha value is -2.21. The maximum Gasteiger partial charge on any atom is 0.223 e.